The van der Waals surface area contributed by atoms with Crippen LogP contribution in [0.3, 0.4) is 0 Å². The summed E-state index contributed by atoms with van der Waals surface area (Å²) in [5, 5.41) is 0.651. The van der Waals surface area contributed by atoms with Gasteiger partial charge in [-0.3, -0.25) is 4.79 Å². The third kappa shape index (κ3) is 3.95. The Hall–Kier alpha value is -1.10. The van der Waals surface area contributed by atoms with E-state index in [2.05, 4.69) is 4.90 Å². The van der Waals surface area contributed by atoms with Crippen molar-refractivity contribution >= 4 is 17.5 Å². The zero-order valence-electron chi connectivity index (χ0n) is 12.0. The van der Waals surface area contributed by atoms with Crippen molar-refractivity contribution in [3.05, 3.63) is 34.9 Å². The number of halogens is 1. The fourth-order valence-corrected chi connectivity index (χ4v) is 2.66. The summed E-state index contributed by atoms with van der Waals surface area (Å²) in [6.45, 7) is 2.68. The lowest BCUT2D eigenvalue weighted by Crippen LogP contribution is -2.53. The van der Waals surface area contributed by atoms with Crippen molar-refractivity contribution in [1.29, 1.82) is 0 Å². The van der Waals surface area contributed by atoms with E-state index in [1.807, 2.05) is 43.3 Å². The summed E-state index contributed by atoms with van der Waals surface area (Å²) in [7, 11) is 4.01. The van der Waals surface area contributed by atoms with E-state index in [1.165, 1.54) is 0 Å². The topological polar surface area (TPSA) is 32.8 Å². The highest BCUT2D eigenvalue weighted by Gasteiger charge is 2.27. The molecule has 0 aromatic heterocycles. The van der Waals surface area contributed by atoms with Crippen LogP contribution in [0.5, 0.6) is 0 Å². The molecule has 0 spiro atoms. The molecular weight excluding hydrogens is 276 g/mol. The van der Waals surface area contributed by atoms with E-state index in [0.29, 0.717) is 31.2 Å². The summed E-state index contributed by atoms with van der Waals surface area (Å²) in [6.07, 6.45) is 0.351. The number of hydrogen-bond donors (Lipinski definition) is 0. The van der Waals surface area contributed by atoms with Gasteiger partial charge in [0.2, 0.25) is 5.91 Å². The van der Waals surface area contributed by atoms with Gasteiger partial charge in [0.1, 0.15) is 0 Å². The molecule has 1 aromatic carbocycles. The highest BCUT2D eigenvalue weighted by Crippen LogP contribution is 2.18. The molecule has 1 unspecified atom stereocenters. The van der Waals surface area contributed by atoms with Gasteiger partial charge < -0.3 is 14.5 Å². The molecule has 0 N–H and O–H groups in total. The number of hydrogen-bond acceptors (Lipinski definition) is 3. The maximum atomic E-state index is 12.5. The average molecular weight is 297 g/mol. The van der Waals surface area contributed by atoms with Gasteiger partial charge in [-0.2, -0.15) is 0 Å². The number of ether oxygens (including phenoxy) is 1. The second kappa shape index (κ2) is 7.07. The molecule has 1 atom stereocenters. The average Bonchev–Trinajstić information content (AvgIpc) is 2.41. The van der Waals surface area contributed by atoms with Gasteiger partial charge in [0, 0.05) is 18.1 Å². The quantitative estimate of drug-likeness (QED) is 0.847. The smallest absolute Gasteiger partial charge is 0.227 e. The lowest BCUT2D eigenvalue weighted by molar-refractivity contribution is -0.139. The Bertz CT molecular complexity index is 465. The van der Waals surface area contributed by atoms with Gasteiger partial charge >= 0.3 is 0 Å². The molecular formula is C15H21ClN2O2. The summed E-state index contributed by atoms with van der Waals surface area (Å²) >= 11 is 6.12. The molecule has 110 valence electrons. The molecule has 1 amide bonds. The second-order valence-corrected chi connectivity index (χ2v) is 5.75. The van der Waals surface area contributed by atoms with Gasteiger partial charge in [-0.05, 0) is 25.7 Å². The standard InChI is InChI=1S/C15H21ClN2O2/c1-17(2)10-13-11-20-8-7-18(13)15(19)9-12-5-3-4-6-14(12)16/h3-6,13H,7-11H2,1-2H3. The van der Waals surface area contributed by atoms with Crippen LogP contribution < -0.4 is 0 Å². The second-order valence-electron chi connectivity index (χ2n) is 5.35. The maximum Gasteiger partial charge on any atom is 0.227 e. The van der Waals surface area contributed by atoms with Gasteiger partial charge in [0.15, 0.2) is 0 Å². The molecule has 2 rings (SSSR count). The molecule has 0 aliphatic carbocycles. The number of nitrogens with zero attached hydrogens (tertiary/aromatic N) is 2. The predicted molar refractivity (Wildman–Crippen MR) is 80.0 cm³/mol. The fourth-order valence-electron chi connectivity index (χ4n) is 2.46. The molecule has 1 heterocycles. The number of benzene rings is 1. The van der Waals surface area contributed by atoms with Crippen molar-refractivity contribution in [3.8, 4) is 0 Å². The van der Waals surface area contributed by atoms with Gasteiger partial charge in [0.05, 0.1) is 25.7 Å². The number of carbonyl (C=O) groups is 1. The van der Waals surface area contributed by atoms with Gasteiger partial charge in [0.25, 0.3) is 0 Å². The van der Waals surface area contributed by atoms with Crippen LogP contribution in [0.4, 0.5) is 0 Å². The summed E-state index contributed by atoms with van der Waals surface area (Å²) in [5.41, 5.74) is 0.884. The van der Waals surface area contributed by atoms with E-state index in [9.17, 15) is 4.79 Å². The minimum absolute atomic E-state index is 0.119. The first-order chi connectivity index (χ1) is 9.58. The van der Waals surface area contributed by atoms with E-state index in [4.69, 9.17) is 16.3 Å². The number of morpholine rings is 1. The summed E-state index contributed by atoms with van der Waals surface area (Å²) in [5.74, 6) is 0.119. The Morgan fingerprint density at radius 1 is 1.45 bits per heavy atom. The minimum Gasteiger partial charge on any atom is -0.377 e. The zero-order chi connectivity index (χ0) is 14.5. The van der Waals surface area contributed by atoms with Gasteiger partial charge in [-0.1, -0.05) is 29.8 Å². The minimum atomic E-state index is 0.119. The van der Waals surface area contributed by atoms with Crippen molar-refractivity contribution in [1.82, 2.24) is 9.80 Å². The SMILES string of the molecule is CN(C)CC1COCCN1C(=O)Cc1ccccc1Cl. The Labute approximate surface area is 125 Å². The molecule has 20 heavy (non-hydrogen) atoms. The van der Waals surface area contributed by atoms with Crippen LogP contribution in [0.2, 0.25) is 5.02 Å². The van der Waals surface area contributed by atoms with E-state index in [1.54, 1.807) is 0 Å². The summed E-state index contributed by atoms with van der Waals surface area (Å²) in [4.78, 5) is 16.5. The van der Waals surface area contributed by atoms with Crippen LogP contribution in [0.1, 0.15) is 5.56 Å². The Kier molecular flexibility index (Phi) is 5.40. The first-order valence-corrected chi connectivity index (χ1v) is 7.21. The van der Waals surface area contributed by atoms with Crippen LogP contribution in [0.25, 0.3) is 0 Å². The number of rotatable bonds is 4. The third-order valence-corrected chi connectivity index (χ3v) is 3.79. The van der Waals surface area contributed by atoms with Crippen molar-refractivity contribution < 1.29 is 9.53 Å². The number of carbonyl (C=O) groups excluding carboxylic acids is 1. The van der Waals surface area contributed by atoms with E-state index in [0.717, 1.165) is 12.1 Å². The maximum absolute atomic E-state index is 12.5. The lowest BCUT2D eigenvalue weighted by atomic mass is 10.1. The molecule has 0 saturated carbocycles. The Morgan fingerprint density at radius 3 is 2.90 bits per heavy atom. The molecule has 0 radical (unpaired) electrons. The van der Waals surface area contributed by atoms with Crippen LogP contribution in [0.15, 0.2) is 24.3 Å². The highest BCUT2D eigenvalue weighted by molar-refractivity contribution is 6.31. The van der Waals surface area contributed by atoms with E-state index < -0.39 is 0 Å². The van der Waals surface area contributed by atoms with Crippen LogP contribution in [0, 0.1) is 0 Å². The molecule has 1 saturated heterocycles. The highest BCUT2D eigenvalue weighted by atomic mass is 35.5. The normalized spacial score (nSPS) is 19.4. The van der Waals surface area contributed by atoms with Gasteiger partial charge in [-0.25, -0.2) is 0 Å². The number of amides is 1. The van der Waals surface area contributed by atoms with Crippen LogP contribution in [-0.4, -0.2) is 62.1 Å². The van der Waals surface area contributed by atoms with Crippen molar-refractivity contribution in [2.24, 2.45) is 0 Å². The Morgan fingerprint density at radius 2 is 2.20 bits per heavy atom. The predicted octanol–water partition coefficient (Wildman–Crippen LogP) is 1.67. The lowest BCUT2D eigenvalue weighted by Gasteiger charge is -2.37. The summed E-state index contributed by atoms with van der Waals surface area (Å²) in [6, 6.07) is 7.63. The van der Waals surface area contributed by atoms with Crippen LogP contribution in [-0.2, 0) is 16.0 Å². The molecule has 1 fully saturated rings. The summed E-state index contributed by atoms with van der Waals surface area (Å²) < 4.78 is 5.49. The fraction of sp³-hybridized carbons (Fsp3) is 0.533. The molecule has 1 aromatic rings. The first kappa shape index (κ1) is 15.3. The van der Waals surface area contributed by atoms with E-state index >= 15 is 0 Å². The molecule has 1 aliphatic rings. The first-order valence-electron chi connectivity index (χ1n) is 6.83. The van der Waals surface area contributed by atoms with Crippen LogP contribution >= 0.6 is 11.6 Å². The molecule has 1 aliphatic heterocycles. The third-order valence-electron chi connectivity index (χ3n) is 3.42. The molecule has 4 nitrogen and oxygen atoms in total. The molecule has 0 bridgehead atoms. The van der Waals surface area contributed by atoms with Gasteiger partial charge in [-0.15, -0.1) is 0 Å². The van der Waals surface area contributed by atoms with Crippen molar-refractivity contribution in [3.63, 3.8) is 0 Å². The van der Waals surface area contributed by atoms with E-state index in [-0.39, 0.29) is 11.9 Å². The Balaban J connectivity index is 2.04. The molecule has 5 heteroatoms. The zero-order valence-corrected chi connectivity index (χ0v) is 12.8. The number of likely N-dealkylation sites (N-methyl/N-ethyl adjacent to an activating group) is 1. The van der Waals surface area contributed by atoms with Crippen molar-refractivity contribution in [2.45, 2.75) is 12.5 Å². The monoisotopic (exact) mass is 296 g/mol. The largest absolute Gasteiger partial charge is 0.377 e. The van der Waals surface area contributed by atoms with Crippen molar-refractivity contribution in [2.75, 3.05) is 40.4 Å².